The van der Waals surface area contributed by atoms with Crippen LogP contribution in [0.5, 0.6) is 11.5 Å². The zero-order valence-corrected chi connectivity index (χ0v) is 13.4. The third-order valence-electron chi connectivity index (χ3n) is 4.68. The van der Waals surface area contributed by atoms with Gasteiger partial charge < -0.3 is 14.8 Å². The van der Waals surface area contributed by atoms with Crippen molar-refractivity contribution in [1.82, 2.24) is 5.32 Å². The SMILES string of the molecule is CC1CCCCC1CNCc1cc(Cl)c2c(c1)OCCO2. The van der Waals surface area contributed by atoms with Crippen LogP contribution in [0.4, 0.5) is 0 Å². The largest absolute Gasteiger partial charge is 0.486 e. The molecule has 0 bridgehead atoms. The van der Waals surface area contributed by atoms with E-state index in [1.165, 1.54) is 25.7 Å². The van der Waals surface area contributed by atoms with Crippen molar-refractivity contribution in [1.29, 1.82) is 0 Å². The quantitative estimate of drug-likeness (QED) is 0.911. The van der Waals surface area contributed by atoms with Crippen molar-refractivity contribution in [3.8, 4) is 11.5 Å². The van der Waals surface area contributed by atoms with Crippen molar-refractivity contribution >= 4 is 11.6 Å². The summed E-state index contributed by atoms with van der Waals surface area (Å²) < 4.78 is 11.2. The van der Waals surface area contributed by atoms with Crippen LogP contribution in [-0.2, 0) is 6.54 Å². The van der Waals surface area contributed by atoms with Gasteiger partial charge in [0.05, 0.1) is 5.02 Å². The van der Waals surface area contributed by atoms with Crippen LogP contribution in [0.3, 0.4) is 0 Å². The van der Waals surface area contributed by atoms with E-state index in [9.17, 15) is 0 Å². The van der Waals surface area contributed by atoms with Crippen LogP contribution in [0.1, 0.15) is 38.2 Å². The van der Waals surface area contributed by atoms with Gasteiger partial charge in [0.1, 0.15) is 13.2 Å². The lowest BCUT2D eigenvalue weighted by atomic mass is 9.80. The molecule has 1 aromatic rings. The molecule has 21 heavy (non-hydrogen) atoms. The second-order valence-electron chi connectivity index (χ2n) is 6.25. The van der Waals surface area contributed by atoms with E-state index < -0.39 is 0 Å². The minimum Gasteiger partial charge on any atom is -0.486 e. The van der Waals surface area contributed by atoms with E-state index in [0.717, 1.165) is 36.2 Å². The predicted octanol–water partition coefficient (Wildman–Crippen LogP) is 4.03. The summed E-state index contributed by atoms with van der Waals surface area (Å²) in [6.07, 6.45) is 5.51. The second kappa shape index (κ2) is 6.89. The Labute approximate surface area is 132 Å². The summed E-state index contributed by atoms with van der Waals surface area (Å²) in [5.41, 5.74) is 1.16. The lowest BCUT2D eigenvalue weighted by Crippen LogP contribution is -2.29. The molecule has 3 rings (SSSR count). The second-order valence-corrected chi connectivity index (χ2v) is 6.66. The first-order valence-electron chi connectivity index (χ1n) is 8.03. The zero-order valence-electron chi connectivity index (χ0n) is 12.7. The van der Waals surface area contributed by atoms with E-state index in [1.54, 1.807) is 0 Å². The molecular weight excluding hydrogens is 286 g/mol. The lowest BCUT2D eigenvalue weighted by Gasteiger charge is -2.29. The van der Waals surface area contributed by atoms with E-state index in [1.807, 2.05) is 12.1 Å². The maximum atomic E-state index is 6.27. The fourth-order valence-electron chi connectivity index (χ4n) is 3.36. The minimum atomic E-state index is 0.573. The molecule has 2 unspecified atom stereocenters. The van der Waals surface area contributed by atoms with Crippen LogP contribution >= 0.6 is 11.6 Å². The van der Waals surface area contributed by atoms with Gasteiger partial charge in [0.25, 0.3) is 0 Å². The van der Waals surface area contributed by atoms with E-state index in [4.69, 9.17) is 21.1 Å². The Morgan fingerprint density at radius 1 is 1.19 bits per heavy atom. The summed E-state index contributed by atoms with van der Waals surface area (Å²) in [6, 6.07) is 4.02. The molecule has 0 aromatic heterocycles. The highest BCUT2D eigenvalue weighted by Crippen LogP contribution is 2.38. The van der Waals surface area contributed by atoms with Gasteiger partial charge in [0, 0.05) is 6.54 Å². The molecule has 1 aliphatic carbocycles. The summed E-state index contributed by atoms with van der Waals surface area (Å²) in [7, 11) is 0. The minimum absolute atomic E-state index is 0.573. The topological polar surface area (TPSA) is 30.5 Å². The van der Waals surface area contributed by atoms with Crippen molar-refractivity contribution in [2.45, 2.75) is 39.2 Å². The van der Waals surface area contributed by atoms with Crippen LogP contribution in [0, 0.1) is 11.8 Å². The average molecular weight is 310 g/mol. The Morgan fingerprint density at radius 2 is 2.00 bits per heavy atom. The number of rotatable bonds is 4. The smallest absolute Gasteiger partial charge is 0.179 e. The molecule has 116 valence electrons. The standard InChI is InChI=1S/C17H24ClNO2/c1-12-4-2-3-5-14(12)11-19-10-13-8-15(18)17-16(9-13)20-6-7-21-17/h8-9,12,14,19H,2-7,10-11H2,1H3. The number of ether oxygens (including phenoxy) is 2. The summed E-state index contributed by atoms with van der Waals surface area (Å²) in [5.74, 6) is 3.12. The molecule has 1 heterocycles. The predicted molar refractivity (Wildman–Crippen MR) is 85.3 cm³/mol. The van der Waals surface area contributed by atoms with Crippen molar-refractivity contribution in [3.63, 3.8) is 0 Å². The van der Waals surface area contributed by atoms with Crippen LogP contribution < -0.4 is 14.8 Å². The van der Waals surface area contributed by atoms with E-state index >= 15 is 0 Å². The van der Waals surface area contributed by atoms with Gasteiger partial charge >= 0.3 is 0 Å². The van der Waals surface area contributed by atoms with E-state index in [2.05, 4.69) is 12.2 Å². The number of benzene rings is 1. The van der Waals surface area contributed by atoms with Crippen LogP contribution in [0.15, 0.2) is 12.1 Å². The normalized spacial score (nSPS) is 24.9. The van der Waals surface area contributed by atoms with Crippen molar-refractivity contribution in [2.75, 3.05) is 19.8 Å². The molecule has 0 spiro atoms. The highest BCUT2D eigenvalue weighted by Gasteiger charge is 2.21. The van der Waals surface area contributed by atoms with Crippen molar-refractivity contribution in [2.24, 2.45) is 11.8 Å². The van der Waals surface area contributed by atoms with Gasteiger partial charge in [-0.1, -0.05) is 37.8 Å². The number of fused-ring (bicyclic) bond motifs is 1. The van der Waals surface area contributed by atoms with Gasteiger partial charge in [0.2, 0.25) is 0 Å². The summed E-state index contributed by atoms with van der Waals surface area (Å²) in [4.78, 5) is 0. The lowest BCUT2D eigenvalue weighted by molar-refractivity contribution is 0.171. The highest BCUT2D eigenvalue weighted by atomic mass is 35.5. The summed E-state index contributed by atoms with van der Waals surface area (Å²) >= 11 is 6.27. The van der Waals surface area contributed by atoms with Crippen LogP contribution in [0.2, 0.25) is 5.02 Å². The molecule has 1 aromatic carbocycles. The van der Waals surface area contributed by atoms with Crippen LogP contribution in [-0.4, -0.2) is 19.8 Å². The molecule has 0 saturated heterocycles. The maximum Gasteiger partial charge on any atom is 0.179 e. The monoisotopic (exact) mass is 309 g/mol. The van der Waals surface area contributed by atoms with Crippen LogP contribution in [0.25, 0.3) is 0 Å². The first-order valence-corrected chi connectivity index (χ1v) is 8.40. The molecule has 2 aliphatic rings. The number of hydrogen-bond acceptors (Lipinski definition) is 3. The fraction of sp³-hybridized carbons (Fsp3) is 0.647. The zero-order chi connectivity index (χ0) is 14.7. The van der Waals surface area contributed by atoms with Crippen molar-refractivity contribution < 1.29 is 9.47 Å². The van der Waals surface area contributed by atoms with Gasteiger partial charge in [0.15, 0.2) is 11.5 Å². The first kappa shape index (κ1) is 15.0. The van der Waals surface area contributed by atoms with Gasteiger partial charge in [-0.2, -0.15) is 0 Å². The molecule has 0 amide bonds. The Morgan fingerprint density at radius 3 is 2.86 bits per heavy atom. The van der Waals surface area contributed by atoms with Gasteiger partial charge in [-0.15, -0.1) is 0 Å². The molecule has 1 fully saturated rings. The molecule has 4 heteroatoms. The fourth-order valence-corrected chi connectivity index (χ4v) is 3.65. The molecule has 1 N–H and O–H groups in total. The third-order valence-corrected chi connectivity index (χ3v) is 4.96. The highest BCUT2D eigenvalue weighted by molar-refractivity contribution is 6.32. The first-order chi connectivity index (χ1) is 10.2. The summed E-state index contributed by atoms with van der Waals surface area (Å²) in [6.45, 7) is 5.48. The van der Waals surface area contributed by atoms with Gasteiger partial charge in [-0.25, -0.2) is 0 Å². The Balaban J connectivity index is 1.56. The molecule has 2 atom stereocenters. The Hall–Kier alpha value is -0.930. The number of nitrogens with one attached hydrogen (secondary N) is 1. The van der Waals surface area contributed by atoms with Gasteiger partial charge in [-0.3, -0.25) is 0 Å². The van der Waals surface area contributed by atoms with Crippen molar-refractivity contribution in [3.05, 3.63) is 22.7 Å². The number of hydrogen-bond donors (Lipinski definition) is 1. The molecule has 1 saturated carbocycles. The van der Waals surface area contributed by atoms with E-state index in [0.29, 0.717) is 24.0 Å². The average Bonchev–Trinajstić information content (AvgIpc) is 2.49. The molecule has 1 aliphatic heterocycles. The molecule has 0 radical (unpaired) electrons. The molecular formula is C17H24ClNO2. The maximum absolute atomic E-state index is 6.27. The third kappa shape index (κ3) is 3.64. The molecule has 3 nitrogen and oxygen atoms in total. The van der Waals surface area contributed by atoms with E-state index in [-0.39, 0.29) is 0 Å². The number of halogens is 1. The Bertz CT molecular complexity index is 492. The Kier molecular flexibility index (Phi) is 4.91. The van der Waals surface area contributed by atoms with Gasteiger partial charge in [-0.05, 0) is 42.5 Å². The summed E-state index contributed by atoms with van der Waals surface area (Å²) in [5, 5.41) is 4.23.